The zero-order valence-corrected chi connectivity index (χ0v) is 22.6. The normalized spacial score (nSPS) is 12.7. The number of aryl methyl sites for hydroxylation is 1. The van der Waals surface area contributed by atoms with E-state index in [0.717, 1.165) is 16.7 Å². The lowest BCUT2D eigenvalue weighted by Gasteiger charge is -2.22. The number of benzene rings is 4. The van der Waals surface area contributed by atoms with Crippen molar-refractivity contribution in [3.05, 3.63) is 131 Å². The monoisotopic (exact) mass is 559 g/mol. The van der Waals surface area contributed by atoms with Gasteiger partial charge in [-0.15, -0.1) is 0 Å². The van der Waals surface area contributed by atoms with Crippen LogP contribution in [0.4, 0.5) is 0 Å². The van der Waals surface area contributed by atoms with E-state index in [1.807, 2.05) is 43.3 Å². The molecule has 0 spiro atoms. The molecule has 2 N–H and O–H groups in total. The summed E-state index contributed by atoms with van der Waals surface area (Å²) in [5.74, 6) is -2.70. The van der Waals surface area contributed by atoms with E-state index in [-0.39, 0.29) is 23.9 Å². The van der Waals surface area contributed by atoms with Crippen molar-refractivity contribution in [3.8, 4) is 5.75 Å². The smallest absolute Gasteiger partial charge is 0.339 e. The fourth-order valence-electron chi connectivity index (χ4n) is 3.88. The summed E-state index contributed by atoms with van der Waals surface area (Å²) in [5.41, 5.74) is 9.03. The Labute approximate surface area is 233 Å². The van der Waals surface area contributed by atoms with Crippen LogP contribution in [0.1, 0.15) is 28.2 Å². The topological polar surface area (TPSA) is 122 Å². The van der Waals surface area contributed by atoms with Crippen LogP contribution >= 0.6 is 0 Å². The van der Waals surface area contributed by atoms with Gasteiger partial charge in [0.15, 0.2) is 0 Å². The van der Waals surface area contributed by atoms with Crippen molar-refractivity contribution in [3.63, 3.8) is 0 Å². The number of nitrogens with two attached hydrogens (primary N) is 1. The van der Waals surface area contributed by atoms with Crippen LogP contribution in [0.15, 0.2) is 114 Å². The molecular formula is C31H29NO7S. The van der Waals surface area contributed by atoms with Crippen LogP contribution in [-0.4, -0.2) is 26.4 Å². The Balaban J connectivity index is 1.52. The number of esters is 2. The minimum Gasteiger partial charge on any atom is -0.460 e. The molecule has 8 nitrogen and oxygen atoms in total. The molecule has 4 aromatic carbocycles. The first-order chi connectivity index (χ1) is 19.2. The van der Waals surface area contributed by atoms with Gasteiger partial charge >= 0.3 is 22.1 Å². The SMILES string of the molecule is Cc1ccc(S(=O)(=O)Oc2ccc(C(C(=O)OCc3ccccc3)C(N)C(=O)OCc3ccccc3)cc2)cc1. The van der Waals surface area contributed by atoms with Crippen molar-refractivity contribution in [2.75, 3.05) is 0 Å². The Kier molecular flexibility index (Phi) is 9.31. The van der Waals surface area contributed by atoms with Crippen LogP contribution in [0.25, 0.3) is 0 Å². The van der Waals surface area contributed by atoms with Gasteiger partial charge in [0.25, 0.3) is 0 Å². The van der Waals surface area contributed by atoms with Crippen LogP contribution in [0.2, 0.25) is 0 Å². The summed E-state index contributed by atoms with van der Waals surface area (Å²) >= 11 is 0. The van der Waals surface area contributed by atoms with Crippen molar-refractivity contribution < 1.29 is 31.7 Å². The third-order valence-electron chi connectivity index (χ3n) is 6.09. The second kappa shape index (κ2) is 13.1. The molecule has 0 aromatic heterocycles. The molecule has 0 aliphatic rings. The van der Waals surface area contributed by atoms with E-state index in [4.69, 9.17) is 19.4 Å². The lowest BCUT2D eigenvalue weighted by atomic mass is 9.92. The van der Waals surface area contributed by atoms with Crippen LogP contribution < -0.4 is 9.92 Å². The van der Waals surface area contributed by atoms with Gasteiger partial charge in [0, 0.05) is 0 Å². The highest BCUT2D eigenvalue weighted by Gasteiger charge is 2.35. The van der Waals surface area contributed by atoms with E-state index >= 15 is 0 Å². The molecule has 9 heteroatoms. The lowest BCUT2D eigenvalue weighted by molar-refractivity contribution is -0.155. The summed E-state index contributed by atoms with van der Waals surface area (Å²) in [6.07, 6.45) is 0. The standard InChI is InChI=1S/C31H29NO7S/c1-22-12-18-27(19-13-22)40(35,36)39-26-16-14-25(15-17-26)28(30(33)37-20-23-8-4-2-5-9-23)29(32)31(34)38-21-24-10-6-3-7-11-24/h2-19,28-29H,20-21,32H2,1H3. The van der Waals surface area contributed by atoms with Crippen LogP contribution in [-0.2, 0) is 42.4 Å². The summed E-state index contributed by atoms with van der Waals surface area (Å²) in [4.78, 5) is 26.1. The van der Waals surface area contributed by atoms with Gasteiger partial charge in [0.1, 0.15) is 35.8 Å². The van der Waals surface area contributed by atoms with Gasteiger partial charge in [-0.05, 0) is 47.9 Å². The Bertz CT molecular complexity index is 1520. The van der Waals surface area contributed by atoms with Crippen molar-refractivity contribution in [2.24, 2.45) is 5.73 Å². The summed E-state index contributed by atoms with van der Waals surface area (Å²) in [6.45, 7) is 1.82. The van der Waals surface area contributed by atoms with E-state index in [1.54, 1.807) is 36.4 Å². The van der Waals surface area contributed by atoms with Crippen LogP contribution in [0.3, 0.4) is 0 Å². The molecule has 0 fully saturated rings. The third kappa shape index (κ3) is 7.56. The van der Waals surface area contributed by atoms with Gasteiger partial charge in [0.05, 0.1) is 0 Å². The molecule has 4 aromatic rings. The van der Waals surface area contributed by atoms with E-state index in [0.29, 0.717) is 5.56 Å². The van der Waals surface area contributed by atoms with Crippen molar-refractivity contribution in [2.45, 2.75) is 37.0 Å². The first kappa shape index (κ1) is 28.5. The van der Waals surface area contributed by atoms with E-state index in [1.165, 1.54) is 36.4 Å². The molecule has 0 bridgehead atoms. The van der Waals surface area contributed by atoms with E-state index in [9.17, 15) is 18.0 Å². The molecule has 4 rings (SSSR count). The maximum Gasteiger partial charge on any atom is 0.339 e. The lowest BCUT2D eigenvalue weighted by Crippen LogP contribution is -2.42. The molecule has 0 amide bonds. The highest BCUT2D eigenvalue weighted by molar-refractivity contribution is 7.87. The first-order valence-electron chi connectivity index (χ1n) is 12.5. The number of carbonyl (C=O) groups excluding carboxylic acids is 2. The highest BCUT2D eigenvalue weighted by Crippen LogP contribution is 2.26. The fourth-order valence-corrected chi connectivity index (χ4v) is 4.81. The third-order valence-corrected chi connectivity index (χ3v) is 7.35. The Morgan fingerprint density at radius 1 is 0.700 bits per heavy atom. The van der Waals surface area contributed by atoms with Crippen molar-refractivity contribution in [1.29, 1.82) is 0 Å². The molecule has 0 heterocycles. The van der Waals surface area contributed by atoms with Crippen LogP contribution in [0.5, 0.6) is 5.75 Å². The molecule has 2 atom stereocenters. The zero-order valence-electron chi connectivity index (χ0n) is 21.8. The second-order valence-electron chi connectivity index (χ2n) is 9.11. The molecule has 0 saturated carbocycles. The zero-order chi connectivity index (χ0) is 28.5. The number of hydrogen-bond acceptors (Lipinski definition) is 8. The summed E-state index contributed by atoms with van der Waals surface area (Å²) in [5, 5.41) is 0. The molecule has 0 aliphatic heterocycles. The average Bonchev–Trinajstić information content (AvgIpc) is 2.97. The van der Waals surface area contributed by atoms with Gasteiger partial charge in [-0.1, -0.05) is 90.5 Å². The molecular weight excluding hydrogens is 530 g/mol. The van der Waals surface area contributed by atoms with Crippen molar-refractivity contribution in [1.82, 2.24) is 0 Å². The van der Waals surface area contributed by atoms with Crippen molar-refractivity contribution >= 4 is 22.1 Å². The quantitative estimate of drug-likeness (QED) is 0.208. The maximum absolute atomic E-state index is 13.2. The van der Waals surface area contributed by atoms with Gasteiger partial charge in [-0.2, -0.15) is 8.42 Å². The summed E-state index contributed by atoms with van der Waals surface area (Å²) < 4.78 is 41.5. The number of ether oxygens (including phenoxy) is 2. The van der Waals surface area contributed by atoms with E-state index in [2.05, 4.69) is 0 Å². The van der Waals surface area contributed by atoms with Gasteiger partial charge in [0.2, 0.25) is 0 Å². The number of carbonyl (C=O) groups is 2. The van der Waals surface area contributed by atoms with Gasteiger partial charge in [-0.3, -0.25) is 9.59 Å². The molecule has 2 unspecified atom stereocenters. The first-order valence-corrected chi connectivity index (χ1v) is 13.9. The second-order valence-corrected chi connectivity index (χ2v) is 10.7. The maximum atomic E-state index is 13.2. The molecule has 206 valence electrons. The Hall–Kier alpha value is -4.47. The Morgan fingerprint density at radius 2 is 1.20 bits per heavy atom. The minimum atomic E-state index is -4.07. The van der Waals surface area contributed by atoms with E-state index < -0.39 is 34.0 Å². The minimum absolute atomic E-state index is 0.00715. The molecule has 0 radical (unpaired) electrons. The highest BCUT2D eigenvalue weighted by atomic mass is 32.2. The number of hydrogen-bond donors (Lipinski definition) is 1. The predicted octanol–water partition coefficient (Wildman–Crippen LogP) is 4.66. The molecule has 0 aliphatic carbocycles. The molecule has 40 heavy (non-hydrogen) atoms. The Morgan fingerprint density at radius 3 is 1.73 bits per heavy atom. The predicted molar refractivity (Wildman–Crippen MR) is 149 cm³/mol. The van der Waals surface area contributed by atoms with Gasteiger partial charge in [-0.25, -0.2) is 0 Å². The van der Waals surface area contributed by atoms with Crippen LogP contribution in [0, 0.1) is 6.92 Å². The van der Waals surface area contributed by atoms with Gasteiger partial charge < -0.3 is 19.4 Å². The largest absolute Gasteiger partial charge is 0.460 e. The fraction of sp³-hybridized carbons (Fsp3) is 0.161. The average molecular weight is 560 g/mol. The molecule has 0 saturated heterocycles. The number of rotatable bonds is 11. The summed E-state index contributed by atoms with van der Waals surface area (Å²) in [7, 11) is -4.07. The summed E-state index contributed by atoms with van der Waals surface area (Å²) in [6, 6.07) is 28.7.